The first-order valence-electron chi connectivity index (χ1n) is 8.72. The standard InChI is InChI=1S/C17H18ClN7S/c1-2-11-14(18)13-15(22-11)23-17(26-10-4-19-8-20-5-10)24-16(13)25-6-9-3-21-12(9)7-25/h4-5,8-9,12,21H,2-3,6-7H2,1H3,(H,22,23,24). The van der Waals surface area contributed by atoms with Crippen LogP contribution < -0.4 is 10.2 Å². The van der Waals surface area contributed by atoms with Crippen LogP contribution >= 0.6 is 23.4 Å². The Kier molecular flexibility index (Phi) is 3.99. The molecule has 0 bridgehead atoms. The van der Waals surface area contributed by atoms with Crippen LogP contribution in [0.5, 0.6) is 0 Å². The summed E-state index contributed by atoms with van der Waals surface area (Å²) in [5.41, 5.74) is 1.80. The van der Waals surface area contributed by atoms with Crippen molar-refractivity contribution in [2.75, 3.05) is 24.5 Å². The molecule has 2 N–H and O–H groups in total. The molecule has 26 heavy (non-hydrogen) atoms. The van der Waals surface area contributed by atoms with Crippen LogP contribution in [0.1, 0.15) is 12.6 Å². The minimum atomic E-state index is 0.557. The van der Waals surface area contributed by atoms with Crippen molar-refractivity contribution in [3.8, 4) is 0 Å². The molecule has 2 unspecified atom stereocenters. The van der Waals surface area contributed by atoms with Crippen LogP contribution in [-0.4, -0.2) is 50.6 Å². The van der Waals surface area contributed by atoms with Crippen LogP contribution in [0.25, 0.3) is 11.0 Å². The van der Waals surface area contributed by atoms with Crippen molar-refractivity contribution >= 4 is 40.2 Å². The molecule has 0 saturated carbocycles. The fourth-order valence-electron chi connectivity index (χ4n) is 3.66. The predicted molar refractivity (Wildman–Crippen MR) is 102 cm³/mol. The number of halogens is 1. The van der Waals surface area contributed by atoms with Gasteiger partial charge >= 0.3 is 0 Å². The normalized spacial score (nSPS) is 21.8. The topological polar surface area (TPSA) is 82.6 Å². The van der Waals surface area contributed by atoms with E-state index in [2.05, 4.69) is 32.1 Å². The van der Waals surface area contributed by atoms with Gasteiger partial charge in [0.05, 0.1) is 15.3 Å². The molecule has 2 atom stereocenters. The summed E-state index contributed by atoms with van der Waals surface area (Å²) in [6, 6.07) is 0.557. The summed E-state index contributed by atoms with van der Waals surface area (Å²) in [5, 5.41) is 5.84. The van der Waals surface area contributed by atoms with Gasteiger partial charge in [0.15, 0.2) is 5.16 Å². The molecule has 2 fully saturated rings. The summed E-state index contributed by atoms with van der Waals surface area (Å²) in [6.07, 6.45) is 5.88. The van der Waals surface area contributed by atoms with E-state index in [0.717, 1.165) is 58.5 Å². The highest BCUT2D eigenvalue weighted by Crippen LogP contribution is 2.38. The number of hydrogen-bond donors (Lipinski definition) is 2. The predicted octanol–water partition coefficient (Wildman–Crippen LogP) is 2.52. The first kappa shape index (κ1) is 16.3. The lowest BCUT2D eigenvalue weighted by Crippen LogP contribution is -2.51. The summed E-state index contributed by atoms with van der Waals surface area (Å²) in [6.45, 7) is 5.13. The van der Waals surface area contributed by atoms with Crippen molar-refractivity contribution in [3.63, 3.8) is 0 Å². The molecular formula is C17H18ClN7S. The Morgan fingerprint density at radius 1 is 1.27 bits per heavy atom. The fourth-order valence-corrected chi connectivity index (χ4v) is 4.72. The van der Waals surface area contributed by atoms with Crippen molar-refractivity contribution in [2.24, 2.45) is 5.92 Å². The zero-order valence-electron chi connectivity index (χ0n) is 14.2. The molecule has 5 heterocycles. The summed E-state index contributed by atoms with van der Waals surface area (Å²) < 4.78 is 0. The zero-order valence-corrected chi connectivity index (χ0v) is 15.8. The minimum Gasteiger partial charge on any atom is -0.354 e. The second-order valence-corrected chi connectivity index (χ2v) is 8.10. The maximum atomic E-state index is 6.66. The molecular weight excluding hydrogens is 370 g/mol. The number of aromatic nitrogens is 5. The van der Waals surface area contributed by atoms with Gasteiger partial charge in [0.1, 0.15) is 17.8 Å². The summed E-state index contributed by atoms with van der Waals surface area (Å²) >= 11 is 8.12. The van der Waals surface area contributed by atoms with E-state index in [1.54, 1.807) is 12.4 Å². The largest absolute Gasteiger partial charge is 0.354 e. The van der Waals surface area contributed by atoms with Crippen LogP contribution in [0.2, 0.25) is 5.02 Å². The average Bonchev–Trinajstić information content (AvgIpc) is 3.12. The van der Waals surface area contributed by atoms with Crippen LogP contribution in [0.4, 0.5) is 5.82 Å². The van der Waals surface area contributed by atoms with E-state index in [0.29, 0.717) is 17.1 Å². The van der Waals surface area contributed by atoms with E-state index in [1.807, 2.05) is 0 Å². The first-order chi connectivity index (χ1) is 12.7. The van der Waals surface area contributed by atoms with Crippen LogP contribution in [0.15, 0.2) is 28.8 Å². The third-order valence-electron chi connectivity index (χ3n) is 5.11. The smallest absolute Gasteiger partial charge is 0.196 e. The molecule has 0 spiro atoms. The van der Waals surface area contributed by atoms with E-state index in [4.69, 9.17) is 21.6 Å². The molecule has 0 amide bonds. The maximum Gasteiger partial charge on any atom is 0.196 e. The van der Waals surface area contributed by atoms with Crippen LogP contribution in [-0.2, 0) is 6.42 Å². The third-order valence-corrected chi connectivity index (χ3v) is 6.33. The highest BCUT2D eigenvalue weighted by molar-refractivity contribution is 7.99. The molecule has 2 saturated heterocycles. The number of aromatic amines is 1. The SMILES string of the molecule is CCc1[nH]c2nc(Sc3cncnc3)nc(N3CC4CNC4C3)c2c1Cl. The molecule has 3 aromatic heterocycles. The third kappa shape index (κ3) is 2.64. The Hall–Kier alpha value is -1.90. The van der Waals surface area contributed by atoms with E-state index in [9.17, 15) is 0 Å². The lowest BCUT2D eigenvalue weighted by atomic mass is 9.96. The number of fused-ring (bicyclic) bond motifs is 2. The fraction of sp³-hybridized carbons (Fsp3) is 0.412. The molecule has 2 aliphatic rings. The Labute approximate surface area is 160 Å². The van der Waals surface area contributed by atoms with Crippen molar-refractivity contribution in [3.05, 3.63) is 29.4 Å². The van der Waals surface area contributed by atoms with Gasteiger partial charge in [-0.25, -0.2) is 19.9 Å². The molecule has 134 valence electrons. The second-order valence-electron chi connectivity index (χ2n) is 6.68. The maximum absolute atomic E-state index is 6.66. The number of nitrogens with one attached hydrogen (secondary N) is 2. The highest BCUT2D eigenvalue weighted by atomic mass is 35.5. The number of anilines is 1. The van der Waals surface area contributed by atoms with E-state index in [1.165, 1.54) is 18.1 Å². The van der Waals surface area contributed by atoms with Gasteiger partial charge in [-0.3, -0.25) is 0 Å². The van der Waals surface area contributed by atoms with Gasteiger partial charge in [-0.15, -0.1) is 0 Å². The highest BCUT2D eigenvalue weighted by Gasteiger charge is 2.40. The average molecular weight is 388 g/mol. The van der Waals surface area contributed by atoms with Crippen molar-refractivity contribution in [1.29, 1.82) is 0 Å². The van der Waals surface area contributed by atoms with Gasteiger partial charge in [-0.2, -0.15) is 0 Å². The number of H-pyrrole nitrogens is 1. The molecule has 0 aliphatic carbocycles. The number of nitrogens with zero attached hydrogens (tertiary/aromatic N) is 5. The van der Waals surface area contributed by atoms with Crippen molar-refractivity contribution < 1.29 is 0 Å². The quantitative estimate of drug-likeness (QED) is 0.665. The lowest BCUT2D eigenvalue weighted by Gasteiger charge is -2.29. The van der Waals surface area contributed by atoms with Gasteiger partial charge < -0.3 is 15.2 Å². The number of aryl methyl sites for hydroxylation is 1. The van der Waals surface area contributed by atoms with Crippen molar-refractivity contribution in [2.45, 2.75) is 29.4 Å². The van der Waals surface area contributed by atoms with Crippen LogP contribution in [0.3, 0.4) is 0 Å². The molecule has 0 aromatic carbocycles. The van der Waals surface area contributed by atoms with Gasteiger partial charge in [0, 0.05) is 49.7 Å². The summed E-state index contributed by atoms with van der Waals surface area (Å²) in [5.74, 6) is 1.62. The van der Waals surface area contributed by atoms with E-state index >= 15 is 0 Å². The Bertz CT molecular complexity index is 949. The lowest BCUT2D eigenvalue weighted by molar-refractivity contribution is 0.297. The van der Waals surface area contributed by atoms with Gasteiger partial charge in [0.2, 0.25) is 0 Å². The molecule has 2 aliphatic heterocycles. The Balaban J connectivity index is 1.61. The Morgan fingerprint density at radius 2 is 2.12 bits per heavy atom. The summed E-state index contributed by atoms with van der Waals surface area (Å²) in [4.78, 5) is 24.3. The van der Waals surface area contributed by atoms with E-state index in [-0.39, 0.29) is 0 Å². The molecule has 9 heteroatoms. The minimum absolute atomic E-state index is 0.557. The Morgan fingerprint density at radius 3 is 2.77 bits per heavy atom. The van der Waals surface area contributed by atoms with Gasteiger partial charge in [-0.05, 0) is 18.2 Å². The molecule has 5 rings (SSSR count). The number of rotatable bonds is 4. The molecule has 7 nitrogen and oxygen atoms in total. The van der Waals surface area contributed by atoms with E-state index < -0.39 is 0 Å². The van der Waals surface area contributed by atoms with Gasteiger partial charge in [0.25, 0.3) is 0 Å². The van der Waals surface area contributed by atoms with Crippen LogP contribution in [0, 0.1) is 5.92 Å². The monoisotopic (exact) mass is 387 g/mol. The molecule has 3 aromatic rings. The molecule has 0 radical (unpaired) electrons. The first-order valence-corrected chi connectivity index (χ1v) is 9.91. The number of hydrogen-bond acceptors (Lipinski definition) is 7. The van der Waals surface area contributed by atoms with Crippen molar-refractivity contribution in [1.82, 2.24) is 30.2 Å². The zero-order chi connectivity index (χ0) is 17.7. The van der Waals surface area contributed by atoms with Gasteiger partial charge in [-0.1, -0.05) is 18.5 Å². The second kappa shape index (κ2) is 6.37. The summed E-state index contributed by atoms with van der Waals surface area (Å²) in [7, 11) is 0.